The predicted molar refractivity (Wildman–Crippen MR) is 67.5 cm³/mol. The summed E-state index contributed by atoms with van der Waals surface area (Å²) in [5.74, 6) is 2.06. The monoisotopic (exact) mass is 346 g/mol. The molecule has 1 aromatic rings. The van der Waals surface area contributed by atoms with E-state index in [1.54, 1.807) is 12.1 Å². The fraction of sp³-hybridized carbons (Fsp3) is 0.182. The van der Waals surface area contributed by atoms with Crippen molar-refractivity contribution in [2.75, 3.05) is 6.61 Å². The fourth-order valence-corrected chi connectivity index (χ4v) is 2.65. The van der Waals surface area contributed by atoms with Crippen LogP contribution in [0, 0.1) is 12.3 Å². The molecular formula is C11H8Br2O3. The first-order valence-corrected chi connectivity index (χ1v) is 5.89. The molecule has 0 radical (unpaired) electrons. The van der Waals surface area contributed by atoms with Gasteiger partial charge in [-0.2, -0.15) is 0 Å². The summed E-state index contributed by atoms with van der Waals surface area (Å²) in [6, 6.07) is 3.40. The first-order valence-electron chi connectivity index (χ1n) is 4.30. The standard InChI is InChI=1S/C11H8Br2O3/c1-2-3-16-11-8(12)4-7(5-9(11)13)6-10(14)15/h1,4-5H,3,6H2,(H,14,15). The van der Waals surface area contributed by atoms with E-state index in [0.29, 0.717) is 20.3 Å². The third kappa shape index (κ3) is 3.54. The van der Waals surface area contributed by atoms with E-state index in [1.807, 2.05) is 0 Å². The minimum atomic E-state index is -0.879. The Morgan fingerprint density at radius 1 is 1.44 bits per heavy atom. The molecule has 0 amide bonds. The second kappa shape index (κ2) is 5.92. The molecule has 1 rings (SSSR count). The molecule has 5 heteroatoms. The maximum Gasteiger partial charge on any atom is 0.307 e. The Hall–Kier alpha value is -0.990. The van der Waals surface area contributed by atoms with Crippen molar-refractivity contribution < 1.29 is 14.6 Å². The highest BCUT2D eigenvalue weighted by molar-refractivity contribution is 9.11. The van der Waals surface area contributed by atoms with Crippen LogP contribution in [0.25, 0.3) is 0 Å². The molecule has 0 aromatic heterocycles. The highest BCUT2D eigenvalue weighted by atomic mass is 79.9. The van der Waals surface area contributed by atoms with Gasteiger partial charge in [0.05, 0.1) is 15.4 Å². The lowest BCUT2D eigenvalue weighted by atomic mass is 10.1. The molecule has 0 fully saturated rings. The van der Waals surface area contributed by atoms with Crippen LogP contribution in [-0.4, -0.2) is 17.7 Å². The van der Waals surface area contributed by atoms with Crippen LogP contribution < -0.4 is 4.74 Å². The Morgan fingerprint density at radius 3 is 2.44 bits per heavy atom. The minimum Gasteiger partial charge on any atom is -0.481 e. The average Bonchev–Trinajstić information content (AvgIpc) is 2.15. The van der Waals surface area contributed by atoms with Gasteiger partial charge in [-0.05, 0) is 49.6 Å². The van der Waals surface area contributed by atoms with Crippen molar-refractivity contribution in [2.24, 2.45) is 0 Å². The predicted octanol–water partition coefficient (Wildman–Crippen LogP) is 2.85. The Labute approximate surface area is 110 Å². The number of halogens is 2. The summed E-state index contributed by atoms with van der Waals surface area (Å²) in [6.45, 7) is 0.162. The van der Waals surface area contributed by atoms with Crippen molar-refractivity contribution in [3.63, 3.8) is 0 Å². The summed E-state index contributed by atoms with van der Waals surface area (Å²) in [7, 11) is 0. The SMILES string of the molecule is C#CCOc1c(Br)cc(CC(=O)O)cc1Br. The van der Waals surface area contributed by atoms with E-state index in [-0.39, 0.29) is 13.0 Å². The van der Waals surface area contributed by atoms with Gasteiger partial charge in [-0.15, -0.1) is 6.42 Å². The number of carboxylic acid groups (broad SMARTS) is 1. The zero-order valence-electron chi connectivity index (χ0n) is 8.17. The number of carboxylic acids is 1. The van der Waals surface area contributed by atoms with Crippen LogP contribution >= 0.6 is 31.9 Å². The third-order valence-electron chi connectivity index (χ3n) is 1.71. The van der Waals surface area contributed by atoms with Crippen LogP contribution in [0.3, 0.4) is 0 Å². The van der Waals surface area contributed by atoms with Gasteiger partial charge in [0, 0.05) is 0 Å². The lowest BCUT2D eigenvalue weighted by Gasteiger charge is -2.09. The summed E-state index contributed by atoms with van der Waals surface area (Å²) in [6.07, 6.45) is 5.05. The van der Waals surface area contributed by atoms with Crippen LogP contribution in [0.4, 0.5) is 0 Å². The Balaban J connectivity index is 2.98. The number of rotatable bonds is 4. The van der Waals surface area contributed by atoms with Gasteiger partial charge in [-0.3, -0.25) is 4.79 Å². The number of hydrogen-bond donors (Lipinski definition) is 1. The molecule has 1 N–H and O–H groups in total. The molecule has 0 aliphatic carbocycles. The molecule has 0 aliphatic heterocycles. The van der Waals surface area contributed by atoms with Gasteiger partial charge < -0.3 is 9.84 Å². The Bertz CT molecular complexity index is 426. The highest BCUT2D eigenvalue weighted by Crippen LogP contribution is 2.34. The Morgan fingerprint density at radius 2 is 2.00 bits per heavy atom. The smallest absolute Gasteiger partial charge is 0.307 e. The second-order valence-electron chi connectivity index (χ2n) is 2.95. The van der Waals surface area contributed by atoms with Gasteiger partial charge in [0.15, 0.2) is 0 Å². The molecule has 1 aromatic carbocycles. The van der Waals surface area contributed by atoms with Gasteiger partial charge in [-0.25, -0.2) is 0 Å². The number of aliphatic carboxylic acids is 1. The van der Waals surface area contributed by atoms with E-state index >= 15 is 0 Å². The van der Waals surface area contributed by atoms with Gasteiger partial charge in [0.1, 0.15) is 12.4 Å². The van der Waals surface area contributed by atoms with Crippen LogP contribution in [0.2, 0.25) is 0 Å². The first kappa shape index (κ1) is 13.1. The number of carbonyl (C=O) groups is 1. The van der Waals surface area contributed by atoms with E-state index in [4.69, 9.17) is 16.3 Å². The summed E-state index contributed by atoms with van der Waals surface area (Å²) in [5, 5.41) is 8.67. The molecule has 0 bridgehead atoms. The van der Waals surface area contributed by atoms with Crippen LogP contribution in [-0.2, 0) is 11.2 Å². The maximum atomic E-state index is 10.6. The minimum absolute atomic E-state index is 0.0351. The number of hydrogen-bond acceptors (Lipinski definition) is 2. The van der Waals surface area contributed by atoms with Crippen LogP contribution in [0.1, 0.15) is 5.56 Å². The fourth-order valence-electron chi connectivity index (χ4n) is 1.14. The summed E-state index contributed by atoms with van der Waals surface area (Å²) < 4.78 is 6.65. The molecular weight excluding hydrogens is 340 g/mol. The molecule has 0 aliphatic rings. The van der Waals surface area contributed by atoms with Crippen LogP contribution in [0.5, 0.6) is 5.75 Å². The van der Waals surface area contributed by atoms with Crippen molar-refractivity contribution in [3.8, 4) is 18.1 Å². The summed E-state index contributed by atoms with van der Waals surface area (Å²) in [4.78, 5) is 10.6. The molecule has 0 heterocycles. The molecule has 0 unspecified atom stereocenters. The van der Waals surface area contributed by atoms with Gasteiger partial charge in [0.2, 0.25) is 0 Å². The normalized spacial score (nSPS) is 9.56. The lowest BCUT2D eigenvalue weighted by Crippen LogP contribution is -2.01. The van der Waals surface area contributed by atoms with E-state index in [2.05, 4.69) is 37.8 Å². The maximum absolute atomic E-state index is 10.6. The number of terminal acetylenes is 1. The number of ether oxygens (including phenoxy) is 1. The number of benzene rings is 1. The highest BCUT2D eigenvalue weighted by Gasteiger charge is 2.10. The zero-order valence-corrected chi connectivity index (χ0v) is 11.3. The molecule has 84 valence electrons. The summed E-state index contributed by atoms with van der Waals surface area (Å²) in [5.41, 5.74) is 0.680. The van der Waals surface area contributed by atoms with Crippen molar-refractivity contribution in [2.45, 2.75) is 6.42 Å². The Kier molecular flexibility index (Phi) is 4.84. The van der Waals surface area contributed by atoms with E-state index in [0.717, 1.165) is 0 Å². The van der Waals surface area contributed by atoms with Gasteiger partial charge >= 0.3 is 5.97 Å². The van der Waals surface area contributed by atoms with Gasteiger partial charge in [0.25, 0.3) is 0 Å². The second-order valence-corrected chi connectivity index (χ2v) is 4.66. The van der Waals surface area contributed by atoms with Crippen molar-refractivity contribution in [1.82, 2.24) is 0 Å². The molecule has 3 nitrogen and oxygen atoms in total. The van der Waals surface area contributed by atoms with Crippen molar-refractivity contribution in [1.29, 1.82) is 0 Å². The zero-order chi connectivity index (χ0) is 12.1. The van der Waals surface area contributed by atoms with Crippen molar-refractivity contribution >= 4 is 37.8 Å². The van der Waals surface area contributed by atoms with E-state index < -0.39 is 5.97 Å². The quantitative estimate of drug-likeness (QED) is 0.852. The van der Waals surface area contributed by atoms with Crippen molar-refractivity contribution in [3.05, 3.63) is 26.6 Å². The third-order valence-corrected chi connectivity index (χ3v) is 2.89. The largest absolute Gasteiger partial charge is 0.481 e. The lowest BCUT2D eigenvalue weighted by molar-refractivity contribution is -0.136. The molecule has 0 spiro atoms. The topological polar surface area (TPSA) is 46.5 Å². The van der Waals surface area contributed by atoms with Gasteiger partial charge in [-0.1, -0.05) is 5.92 Å². The van der Waals surface area contributed by atoms with E-state index in [1.165, 1.54) is 0 Å². The van der Waals surface area contributed by atoms with Crippen LogP contribution in [0.15, 0.2) is 21.1 Å². The molecule has 0 atom stereocenters. The first-order chi connectivity index (χ1) is 7.54. The van der Waals surface area contributed by atoms with E-state index in [9.17, 15) is 4.79 Å². The molecule has 0 saturated heterocycles. The molecule has 0 saturated carbocycles. The summed E-state index contributed by atoms with van der Waals surface area (Å²) >= 11 is 6.60. The molecule has 16 heavy (non-hydrogen) atoms. The average molecular weight is 348 g/mol.